The molecule has 25 heavy (non-hydrogen) atoms. The largest absolute Gasteiger partial charge is 0.368 e. The first kappa shape index (κ1) is 16.7. The molecule has 128 valence electrons. The molecule has 1 fully saturated rings. The van der Waals surface area contributed by atoms with Gasteiger partial charge in [0.2, 0.25) is 0 Å². The van der Waals surface area contributed by atoms with Crippen molar-refractivity contribution in [1.82, 2.24) is 4.90 Å². The molecule has 4 rings (SSSR count). The topological polar surface area (TPSA) is 35.9 Å². The van der Waals surface area contributed by atoms with Crippen molar-refractivity contribution in [2.75, 3.05) is 31.1 Å². The van der Waals surface area contributed by atoms with E-state index in [1.807, 2.05) is 41.8 Å². The van der Waals surface area contributed by atoms with Gasteiger partial charge in [-0.1, -0.05) is 23.7 Å². The van der Waals surface area contributed by atoms with Gasteiger partial charge in [0.25, 0.3) is 5.91 Å². The van der Waals surface area contributed by atoms with E-state index in [-0.39, 0.29) is 5.91 Å². The Hall–Kier alpha value is -1.76. The van der Waals surface area contributed by atoms with Gasteiger partial charge in [-0.2, -0.15) is 4.99 Å². The number of anilines is 1. The molecule has 1 aromatic carbocycles. The number of hydrogen-bond donors (Lipinski definition) is 0. The van der Waals surface area contributed by atoms with E-state index in [0.29, 0.717) is 4.91 Å². The summed E-state index contributed by atoms with van der Waals surface area (Å²) in [5, 5.41) is 3.58. The normalized spacial score (nSPS) is 19.6. The van der Waals surface area contributed by atoms with Gasteiger partial charge in [-0.05, 0) is 47.5 Å². The summed E-state index contributed by atoms with van der Waals surface area (Å²) in [6.07, 6.45) is 1.93. The fourth-order valence-electron chi connectivity index (χ4n) is 2.86. The van der Waals surface area contributed by atoms with Gasteiger partial charge in [-0.3, -0.25) is 4.79 Å². The molecule has 2 aliphatic rings. The molecule has 1 saturated heterocycles. The number of thioether (sulfide) groups is 1. The van der Waals surface area contributed by atoms with Gasteiger partial charge in [-0.25, -0.2) is 0 Å². The Morgan fingerprint density at radius 2 is 1.88 bits per heavy atom. The molecule has 1 amide bonds. The number of carbonyl (C=O) groups excluding carboxylic acids is 1. The van der Waals surface area contributed by atoms with Crippen LogP contribution < -0.4 is 4.90 Å². The van der Waals surface area contributed by atoms with Crippen molar-refractivity contribution in [1.29, 1.82) is 0 Å². The first-order valence-electron chi connectivity index (χ1n) is 8.00. The maximum Gasteiger partial charge on any atom is 0.286 e. The van der Waals surface area contributed by atoms with Gasteiger partial charge in [0.05, 0.1) is 4.91 Å². The first-order chi connectivity index (χ1) is 12.2. The number of carbonyl (C=O) groups is 1. The van der Waals surface area contributed by atoms with Crippen molar-refractivity contribution in [2.45, 2.75) is 0 Å². The quantitative estimate of drug-likeness (QED) is 0.721. The highest BCUT2D eigenvalue weighted by Crippen LogP contribution is 2.32. The lowest BCUT2D eigenvalue weighted by Gasteiger charge is -2.36. The predicted molar refractivity (Wildman–Crippen MR) is 108 cm³/mol. The van der Waals surface area contributed by atoms with Crippen LogP contribution in [0.1, 0.15) is 4.88 Å². The van der Waals surface area contributed by atoms with Crippen LogP contribution in [0.15, 0.2) is 51.7 Å². The van der Waals surface area contributed by atoms with Gasteiger partial charge < -0.3 is 9.80 Å². The summed E-state index contributed by atoms with van der Waals surface area (Å²) in [4.78, 5) is 22.7. The molecule has 0 N–H and O–H groups in total. The number of thiophene rings is 1. The molecule has 0 radical (unpaired) electrons. The van der Waals surface area contributed by atoms with E-state index in [1.165, 1.54) is 11.8 Å². The molecule has 3 heterocycles. The Balaban J connectivity index is 1.40. The summed E-state index contributed by atoms with van der Waals surface area (Å²) in [7, 11) is 0. The van der Waals surface area contributed by atoms with Crippen molar-refractivity contribution < 1.29 is 4.79 Å². The number of rotatable bonds is 2. The van der Waals surface area contributed by atoms with Crippen LogP contribution in [0, 0.1) is 0 Å². The van der Waals surface area contributed by atoms with E-state index in [9.17, 15) is 4.79 Å². The summed E-state index contributed by atoms with van der Waals surface area (Å²) < 4.78 is 0. The van der Waals surface area contributed by atoms with Gasteiger partial charge in [-0.15, -0.1) is 11.3 Å². The molecule has 1 aromatic heterocycles. The van der Waals surface area contributed by atoms with Crippen molar-refractivity contribution in [3.8, 4) is 0 Å². The number of aliphatic imine (C=N–C) groups is 1. The van der Waals surface area contributed by atoms with Gasteiger partial charge in [0.1, 0.15) is 0 Å². The monoisotopic (exact) mass is 389 g/mol. The molecule has 0 unspecified atom stereocenters. The summed E-state index contributed by atoms with van der Waals surface area (Å²) in [5.41, 5.74) is 1.14. The molecule has 0 spiro atoms. The molecule has 4 nitrogen and oxygen atoms in total. The minimum atomic E-state index is -0.134. The molecule has 0 aliphatic carbocycles. The number of benzene rings is 1. The molecular weight excluding hydrogens is 374 g/mol. The third-order valence-electron chi connectivity index (χ3n) is 4.15. The van der Waals surface area contributed by atoms with Crippen LogP contribution in [-0.4, -0.2) is 42.2 Å². The molecule has 0 saturated carbocycles. The van der Waals surface area contributed by atoms with Gasteiger partial charge in [0, 0.05) is 41.8 Å². The molecule has 7 heteroatoms. The lowest BCUT2D eigenvalue weighted by atomic mass is 10.2. The zero-order valence-corrected chi connectivity index (χ0v) is 15.8. The minimum Gasteiger partial charge on any atom is -0.368 e. The average molecular weight is 390 g/mol. The fourth-order valence-corrected chi connectivity index (χ4v) is 4.74. The second kappa shape index (κ2) is 7.23. The van der Waals surface area contributed by atoms with E-state index in [1.54, 1.807) is 11.3 Å². The highest BCUT2D eigenvalue weighted by molar-refractivity contribution is 8.18. The maximum atomic E-state index is 12.2. The Bertz CT molecular complexity index is 840. The number of nitrogens with zero attached hydrogens (tertiary/aromatic N) is 3. The minimum absolute atomic E-state index is 0.134. The predicted octanol–water partition coefficient (Wildman–Crippen LogP) is 4.19. The van der Waals surface area contributed by atoms with Gasteiger partial charge in [0.15, 0.2) is 5.17 Å². The number of halogens is 1. The Morgan fingerprint density at radius 1 is 1.08 bits per heavy atom. The molecular formula is C18H16ClN3OS2. The molecule has 2 aliphatic heterocycles. The van der Waals surface area contributed by atoms with Crippen molar-refractivity contribution >= 4 is 57.5 Å². The summed E-state index contributed by atoms with van der Waals surface area (Å²) in [6.45, 7) is 3.46. The van der Waals surface area contributed by atoms with Crippen LogP contribution in [0.4, 0.5) is 5.69 Å². The lowest BCUT2D eigenvalue weighted by Crippen LogP contribution is -2.47. The summed E-state index contributed by atoms with van der Waals surface area (Å²) in [6, 6.07) is 11.9. The Labute approximate surface area is 159 Å². The van der Waals surface area contributed by atoms with E-state index in [2.05, 4.69) is 20.9 Å². The van der Waals surface area contributed by atoms with E-state index >= 15 is 0 Å². The maximum absolute atomic E-state index is 12.2. The third-order valence-corrected chi connectivity index (χ3v) is 6.25. The van der Waals surface area contributed by atoms with Crippen molar-refractivity contribution in [2.24, 2.45) is 4.99 Å². The second-order valence-corrected chi connectivity index (χ2v) is 8.20. The van der Waals surface area contributed by atoms with E-state index in [0.717, 1.165) is 46.9 Å². The van der Waals surface area contributed by atoms with Crippen LogP contribution in [0.3, 0.4) is 0 Å². The van der Waals surface area contributed by atoms with Crippen LogP contribution in [0.2, 0.25) is 5.02 Å². The second-order valence-electron chi connectivity index (χ2n) is 5.78. The van der Waals surface area contributed by atoms with Crippen LogP contribution >= 0.6 is 34.7 Å². The Morgan fingerprint density at radius 3 is 2.60 bits per heavy atom. The fraction of sp³-hybridized carbons (Fsp3) is 0.222. The SMILES string of the molecule is O=C1N=C(N2CCN(c3cccc(Cl)c3)CC2)SC1=Cc1cccs1. The third kappa shape index (κ3) is 3.76. The highest BCUT2D eigenvalue weighted by atomic mass is 35.5. The lowest BCUT2D eigenvalue weighted by molar-refractivity contribution is -0.113. The van der Waals surface area contributed by atoms with E-state index < -0.39 is 0 Å². The average Bonchev–Trinajstić information content (AvgIpc) is 3.26. The number of hydrogen-bond acceptors (Lipinski definition) is 5. The first-order valence-corrected chi connectivity index (χ1v) is 10.1. The number of amides is 1. The van der Waals surface area contributed by atoms with E-state index in [4.69, 9.17) is 11.6 Å². The van der Waals surface area contributed by atoms with Crippen LogP contribution in [0.5, 0.6) is 0 Å². The Kier molecular flexibility index (Phi) is 4.83. The van der Waals surface area contributed by atoms with Crippen LogP contribution in [-0.2, 0) is 4.79 Å². The zero-order valence-electron chi connectivity index (χ0n) is 13.4. The van der Waals surface area contributed by atoms with Crippen molar-refractivity contribution in [3.05, 3.63) is 56.6 Å². The molecule has 0 bridgehead atoms. The van der Waals surface area contributed by atoms with Crippen LogP contribution in [0.25, 0.3) is 6.08 Å². The van der Waals surface area contributed by atoms with Gasteiger partial charge >= 0.3 is 0 Å². The molecule has 2 aromatic rings. The summed E-state index contributed by atoms with van der Waals surface area (Å²) in [5.74, 6) is -0.134. The standard InChI is InChI=1S/C18H16ClN3OS2/c19-13-3-1-4-14(11-13)21-6-8-22(9-7-21)18-20-17(23)16(25-18)12-15-5-2-10-24-15/h1-5,10-12H,6-9H2. The zero-order chi connectivity index (χ0) is 17.2. The number of piperazine rings is 1. The summed E-state index contributed by atoms with van der Waals surface area (Å²) >= 11 is 9.19. The number of amidine groups is 1. The highest BCUT2D eigenvalue weighted by Gasteiger charge is 2.28. The van der Waals surface area contributed by atoms with Crippen molar-refractivity contribution in [3.63, 3.8) is 0 Å². The smallest absolute Gasteiger partial charge is 0.286 e. The molecule has 0 atom stereocenters.